The maximum absolute atomic E-state index is 12.9. The van der Waals surface area contributed by atoms with Crippen molar-refractivity contribution in [2.75, 3.05) is 19.8 Å². The number of morpholine rings is 1. The molecule has 1 aliphatic heterocycles. The molecule has 2 heterocycles. The molecule has 1 aliphatic rings. The lowest BCUT2D eigenvalue weighted by Crippen LogP contribution is -2.55. The van der Waals surface area contributed by atoms with Gasteiger partial charge in [0.1, 0.15) is 0 Å². The maximum atomic E-state index is 12.9. The second kappa shape index (κ2) is 6.40. The van der Waals surface area contributed by atoms with Crippen molar-refractivity contribution in [1.82, 2.24) is 14.7 Å². The molecular weight excluding hydrogens is 302 g/mol. The molecule has 5 heteroatoms. The third-order valence-corrected chi connectivity index (χ3v) is 4.50. The van der Waals surface area contributed by atoms with Crippen LogP contribution >= 0.6 is 0 Å². The lowest BCUT2D eigenvalue weighted by atomic mass is 10.00. The Balaban J connectivity index is 1.82. The minimum Gasteiger partial charge on any atom is -0.377 e. The monoisotopic (exact) mass is 327 g/mol. The normalized spacial score (nSPS) is 17.1. The highest BCUT2D eigenvalue weighted by Crippen LogP contribution is 2.22. The summed E-state index contributed by atoms with van der Waals surface area (Å²) in [4.78, 5) is 14.9. The molecule has 0 bridgehead atoms. The predicted molar refractivity (Wildman–Crippen MR) is 93.2 cm³/mol. The molecule has 0 radical (unpaired) electrons. The zero-order chi connectivity index (χ0) is 17.3. The molecule has 0 atom stereocenters. The van der Waals surface area contributed by atoms with E-state index in [0.29, 0.717) is 26.3 Å². The van der Waals surface area contributed by atoms with E-state index in [1.54, 1.807) is 0 Å². The number of benzene rings is 1. The summed E-state index contributed by atoms with van der Waals surface area (Å²) >= 11 is 0. The number of hydrogen-bond acceptors (Lipinski definition) is 3. The largest absolute Gasteiger partial charge is 0.377 e. The van der Waals surface area contributed by atoms with E-state index < -0.39 is 0 Å². The van der Waals surface area contributed by atoms with Crippen molar-refractivity contribution in [2.24, 2.45) is 0 Å². The molecule has 128 valence electrons. The summed E-state index contributed by atoms with van der Waals surface area (Å²) in [5.41, 5.74) is 3.66. The molecule has 0 saturated carbocycles. The Morgan fingerprint density at radius 2 is 2.08 bits per heavy atom. The second-order valence-electron chi connectivity index (χ2n) is 7.11. The second-order valence-corrected chi connectivity index (χ2v) is 7.11. The average molecular weight is 327 g/mol. The molecule has 3 rings (SSSR count). The van der Waals surface area contributed by atoms with E-state index in [-0.39, 0.29) is 11.4 Å². The van der Waals surface area contributed by atoms with Crippen molar-refractivity contribution in [3.8, 4) is 0 Å². The van der Waals surface area contributed by atoms with Crippen molar-refractivity contribution in [1.29, 1.82) is 0 Å². The highest BCUT2D eigenvalue weighted by Gasteiger charge is 2.34. The van der Waals surface area contributed by atoms with Gasteiger partial charge in [-0.2, -0.15) is 5.10 Å². The van der Waals surface area contributed by atoms with E-state index in [1.807, 2.05) is 61.5 Å². The molecule has 2 aromatic rings. The van der Waals surface area contributed by atoms with E-state index in [9.17, 15) is 4.79 Å². The van der Waals surface area contributed by atoms with Crippen LogP contribution in [0.1, 0.15) is 41.2 Å². The molecule has 5 nitrogen and oxygen atoms in total. The Labute approximate surface area is 143 Å². The molecule has 1 aromatic carbocycles. The topological polar surface area (TPSA) is 47.4 Å². The first-order valence-corrected chi connectivity index (χ1v) is 8.36. The van der Waals surface area contributed by atoms with Crippen LogP contribution in [-0.4, -0.2) is 45.9 Å². The smallest absolute Gasteiger partial charge is 0.254 e. The summed E-state index contributed by atoms with van der Waals surface area (Å²) < 4.78 is 7.48. The summed E-state index contributed by atoms with van der Waals surface area (Å²) in [6, 6.07) is 9.91. The van der Waals surface area contributed by atoms with Crippen molar-refractivity contribution in [3.63, 3.8) is 0 Å². The van der Waals surface area contributed by atoms with Crippen molar-refractivity contribution in [3.05, 3.63) is 52.8 Å². The molecule has 0 N–H and O–H groups in total. The van der Waals surface area contributed by atoms with E-state index in [2.05, 4.69) is 11.2 Å². The van der Waals surface area contributed by atoms with Gasteiger partial charge < -0.3 is 9.64 Å². The summed E-state index contributed by atoms with van der Waals surface area (Å²) in [6.07, 6.45) is 0. The van der Waals surface area contributed by atoms with Crippen LogP contribution in [0.2, 0.25) is 0 Å². The van der Waals surface area contributed by atoms with Crippen LogP contribution in [0.25, 0.3) is 0 Å². The predicted octanol–water partition coefficient (Wildman–Crippen LogP) is 2.80. The number of rotatable bonds is 3. The first kappa shape index (κ1) is 16.7. The van der Waals surface area contributed by atoms with Crippen LogP contribution < -0.4 is 0 Å². The van der Waals surface area contributed by atoms with Gasteiger partial charge in [-0.1, -0.05) is 12.1 Å². The summed E-state index contributed by atoms with van der Waals surface area (Å²) in [7, 11) is 0. The Bertz CT molecular complexity index is 749. The summed E-state index contributed by atoms with van der Waals surface area (Å²) in [5.74, 6) is 0.0681. The number of nitrogens with zero attached hydrogens (tertiary/aromatic N) is 3. The fourth-order valence-corrected chi connectivity index (χ4v) is 3.20. The Hall–Kier alpha value is -2.14. The molecule has 1 aromatic heterocycles. The fraction of sp³-hybridized carbons (Fsp3) is 0.474. The number of carbonyl (C=O) groups is 1. The third-order valence-electron chi connectivity index (χ3n) is 4.50. The highest BCUT2D eigenvalue weighted by atomic mass is 16.5. The first-order chi connectivity index (χ1) is 11.4. The number of amides is 1. The van der Waals surface area contributed by atoms with Gasteiger partial charge in [-0.05, 0) is 51.5 Å². The van der Waals surface area contributed by atoms with E-state index in [4.69, 9.17) is 4.74 Å². The Morgan fingerprint density at radius 1 is 1.29 bits per heavy atom. The minimum atomic E-state index is -0.277. The van der Waals surface area contributed by atoms with Crippen molar-refractivity contribution in [2.45, 2.75) is 39.8 Å². The SMILES string of the molecule is Cc1cc(C)n(Cc2cccc(C(=O)N3CCOCC3(C)C)c2)n1. The van der Waals surface area contributed by atoms with Gasteiger partial charge in [0.25, 0.3) is 5.91 Å². The Morgan fingerprint density at radius 3 is 2.75 bits per heavy atom. The number of carbonyl (C=O) groups excluding carboxylic acids is 1. The van der Waals surface area contributed by atoms with Crippen LogP contribution in [0.5, 0.6) is 0 Å². The first-order valence-electron chi connectivity index (χ1n) is 8.36. The molecular formula is C19H25N3O2. The van der Waals surface area contributed by atoms with Gasteiger partial charge in [0.05, 0.1) is 31.0 Å². The molecule has 0 spiro atoms. The quantitative estimate of drug-likeness (QED) is 0.871. The summed E-state index contributed by atoms with van der Waals surface area (Å²) in [6.45, 7) is 10.6. The standard InChI is InChI=1S/C19H25N3O2/c1-14-10-15(2)22(20-14)12-16-6-5-7-17(11-16)18(23)21-8-9-24-13-19(21,3)4/h5-7,10-11H,8-9,12-13H2,1-4H3. The van der Waals surface area contributed by atoms with Crippen LogP contribution in [0.15, 0.2) is 30.3 Å². The van der Waals surface area contributed by atoms with Crippen molar-refractivity contribution >= 4 is 5.91 Å². The number of aromatic nitrogens is 2. The highest BCUT2D eigenvalue weighted by molar-refractivity contribution is 5.95. The number of hydrogen-bond donors (Lipinski definition) is 0. The zero-order valence-corrected chi connectivity index (χ0v) is 14.9. The molecule has 24 heavy (non-hydrogen) atoms. The van der Waals surface area contributed by atoms with Crippen LogP contribution in [-0.2, 0) is 11.3 Å². The lowest BCUT2D eigenvalue weighted by molar-refractivity contribution is -0.0370. The third kappa shape index (κ3) is 3.36. The van der Waals surface area contributed by atoms with E-state index >= 15 is 0 Å². The molecule has 1 fully saturated rings. The van der Waals surface area contributed by atoms with Gasteiger partial charge in [0.15, 0.2) is 0 Å². The van der Waals surface area contributed by atoms with Crippen molar-refractivity contribution < 1.29 is 9.53 Å². The van der Waals surface area contributed by atoms with Gasteiger partial charge in [-0.3, -0.25) is 9.48 Å². The zero-order valence-electron chi connectivity index (χ0n) is 14.9. The fourth-order valence-electron chi connectivity index (χ4n) is 3.20. The average Bonchev–Trinajstić information content (AvgIpc) is 2.84. The van der Waals surface area contributed by atoms with Gasteiger partial charge in [0, 0.05) is 17.8 Å². The van der Waals surface area contributed by atoms with Gasteiger partial charge in [0.2, 0.25) is 0 Å². The van der Waals surface area contributed by atoms with Crippen LogP contribution in [0.4, 0.5) is 0 Å². The van der Waals surface area contributed by atoms with E-state index in [1.165, 1.54) is 0 Å². The molecule has 1 amide bonds. The maximum Gasteiger partial charge on any atom is 0.254 e. The summed E-state index contributed by atoms with van der Waals surface area (Å²) in [5, 5.41) is 4.50. The molecule has 1 saturated heterocycles. The number of ether oxygens (including phenoxy) is 1. The number of aryl methyl sites for hydroxylation is 2. The van der Waals surface area contributed by atoms with Crippen LogP contribution in [0, 0.1) is 13.8 Å². The Kier molecular flexibility index (Phi) is 4.45. The van der Waals surface area contributed by atoms with Gasteiger partial charge >= 0.3 is 0 Å². The van der Waals surface area contributed by atoms with Crippen LogP contribution in [0.3, 0.4) is 0 Å². The molecule has 0 unspecified atom stereocenters. The van der Waals surface area contributed by atoms with E-state index in [0.717, 1.165) is 22.5 Å². The lowest BCUT2D eigenvalue weighted by Gasteiger charge is -2.42. The molecule has 0 aliphatic carbocycles. The minimum absolute atomic E-state index is 0.0681. The van der Waals surface area contributed by atoms with Gasteiger partial charge in [-0.25, -0.2) is 0 Å². The van der Waals surface area contributed by atoms with Gasteiger partial charge in [-0.15, -0.1) is 0 Å².